The van der Waals surface area contributed by atoms with Crippen LogP contribution in [-0.4, -0.2) is 9.55 Å². The van der Waals surface area contributed by atoms with Crippen LogP contribution in [0.2, 0.25) is 0 Å². The Morgan fingerprint density at radius 2 is 2.05 bits per heavy atom. The van der Waals surface area contributed by atoms with Crippen molar-refractivity contribution in [3.8, 4) is 0 Å². The number of nitrogens with zero attached hydrogens (tertiary/aromatic N) is 2. The lowest BCUT2D eigenvalue weighted by Gasteiger charge is -2.13. The van der Waals surface area contributed by atoms with E-state index in [9.17, 15) is 13.2 Å². The number of hydrogen-bond donors (Lipinski definition) is 1. The molecular weight excluding hydrogens is 335 g/mol. The van der Waals surface area contributed by atoms with Crippen LogP contribution in [0.25, 0.3) is 0 Å². The van der Waals surface area contributed by atoms with Gasteiger partial charge in [0.25, 0.3) is 0 Å². The number of imidazole rings is 1. The zero-order valence-electron chi connectivity index (χ0n) is 10.3. The molecule has 2 aromatic rings. The summed E-state index contributed by atoms with van der Waals surface area (Å²) < 4.78 is 40.5. The topological polar surface area (TPSA) is 29.9 Å². The summed E-state index contributed by atoms with van der Waals surface area (Å²) in [5, 5.41) is 2.94. The van der Waals surface area contributed by atoms with Crippen molar-refractivity contribution < 1.29 is 13.2 Å². The zero-order valence-corrected chi connectivity index (χ0v) is 11.9. The van der Waals surface area contributed by atoms with Gasteiger partial charge in [0.1, 0.15) is 0 Å². The molecule has 1 aromatic carbocycles. The van der Waals surface area contributed by atoms with Crippen molar-refractivity contribution in [3.05, 3.63) is 40.6 Å². The van der Waals surface area contributed by atoms with Crippen molar-refractivity contribution in [2.24, 2.45) is 0 Å². The fourth-order valence-corrected chi connectivity index (χ4v) is 2.48. The molecule has 0 spiro atoms. The lowest BCUT2D eigenvalue weighted by molar-refractivity contribution is -0.138. The van der Waals surface area contributed by atoms with Crippen molar-refractivity contribution in [2.45, 2.75) is 25.1 Å². The number of aromatic nitrogens is 2. The van der Waals surface area contributed by atoms with Gasteiger partial charge >= 0.3 is 6.18 Å². The Kier molecular flexibility index (Phi) is 3.24. The van der Waals surface area contributed by atoms with Crippen LogP contribution in [0.3, 0.4) is 0 Å². The van der Waals surface area contributed by atoms with Crippen LogP contribution in [0.1, 0.15) is 24.4 Å². The van der Waals surface area contributed by atoms with Gasteiger partial charge in [-0.25, -0.2) is 4.98 Å². The minimum absolute atomic E-state index is 0.0288. The standard InChI is InChI=1S/C13H11BrF3N3/c14-11-4-1-8(7-10(11)13(15,16)17)19-12-18-5-6-20(12)9-2-3-9/h1,4-7,9H,2-3H2,(H,18,19). The molecule has 1 fully saturated rings. The number of halogens is 4. The third-order valence-electron chi connectivity index (χ3n) is 3.14. The monoisotopic (exact) mass is 345 g/mol. The number of rotatable bonds is 3. The van der Waals surface area contributed by atoms with Crippen molar-refractivity contribution >= 4 is 27.6 Å². The van der Waals surface area contributed by atoms with Crippen LogP contribution in [0, 0.1) is 0 Å². The lowest BCUT2D eigenvalue weighted by Crippen LogP contribution is -2.07. The quantitative estimate of drug-likeness (QED) is 0.870. The fourth-order valence-electron chi connectivity index (χ4n) is 2.01. The molecule has 20 heavy (non-hydrogen) atoms. The first kappa shape index (κ1) is 13.5. The molecule has 1 aromatic heterocycles. The highest BCUT2D eigenvalue weighted by atomic mass is 79.9. The first-order valence-electron chi connectivity index (χ1n) is 6.12. The molecule has 0 bridgehead atoms. The number of benzene rings is 1. The molecule has 1 N–H and O–H groups in total. The maximum absolute atomic E-state index is 12.8. The Labute approximate surface area is 121 Å². The molecule has 7 heteroatoms. The smallest absolute Gasteiger partial charge is 0.326 e. The number of anilines is 2. The van der Waals surface area contributed by atoms with Crippen LogP contribution < -0.4 is 5.32 Å². The van der Waals surface area contributed by atoms with E-state index in [4.69, 9.17) is 0 Å². The summed E-state index contributed by atoms with van der Waals surface area (Å²) in [7, 11) is 0. The average Bonchev–Trinajstić information content (AvgIpc) is 3.11. The Morgan fingerprint density at radius 1 is 1.30 bits per heavy atom. The second kappa shape index (κ2) is 4.80. The molecule has 1 aliphatic carbocycles. The van der Waals surface area contributed by atoms with E-state index >= 15 is 0 Å². The van der Waals surface area contributed by atoms with Gasteiger partial charge in [0.2, 0.25) is 5.95 Å². The van der Waals surface area contributed by atoms with E-state index < -0.39 is 11.7 Å². The summed E-state index contributed by atoms with van der Waals surface area (Å²) in [6, 6.07) is 4.47. The summed E-state index contributed by atoms with van der Waals surface area (Å²) in [6.45, 7) is 0. The predicted molar refractivity (Wildman–Crippen MR) is 72.9 cm³/mol. The molecule has 1 heterocycles. The van der Waals surface area contributed by atoms with Gasteiger partial charge in [-0.05, 0) is 31.0 Å². The highest BCUT2D eigenvalue weighted by Crippen LogP contribution is 2.39. The van der Waals surface area contributed by atoms with Gasteiger partial charge < -0.3 is 9.88 Å². The van der Waals surface area contributed by atoms with Gasteiger partial charge in [-0.3, -0.25) is 0 Å². The molecule has 0 saturated heterocycles. The third-order valence-corrected chi connectivity index (χ3v) is 3.83. The predicted octanol–water partition coefficient (Wildman–Crippen LogP) is 4.74. The van der Waals surface area contributed by atoms with E-state index in [1.807, 2.05) is 10.8 Å². The Hall–Kier alpha value is -1.50. The van der Waals surface area contributed by atoms with Gasteiger partial charge in [-0.2, -0.15) is 13.2 Å². The zero-order chi connectivity index (χ0) is 14.3. The average molecular weight is 346 g/mol. The molecule has 0 aliphatic heterocycles. The second-order valence-corrected chi connectivity index (χ2v) is 5.56. The third kappa shape index (κ3) is 2.67. The Balaban J connectivity index is 1.89. The summed E-state index contributed by atoms with van der Waals surface area (Å²) in [4.78, 5) is 4.15. The molecule has 106 valence electrons. The summed E-state index contributed by atoms with van der Waals surface area (Å²) in [5.41, 5.74) is -0.333. The van der Waals surface area contributed by atoms with E-state index in [1.165, 1.54) is 6.07 Å². The maximum atomic E-state index is 12.8. The number of alkyl halides is 3. The SMILES string of the molecule is FC(F)(F)c1cc(Nc2nccn2C2CC2)ccc1Br. The summed E-state index contributed by atoms with van der Waals surface area (Å²) >= 11 is 2.92. The van der Waals surface area contributed by atoms with E-state index in [1.54, 1.807) is 12.3 Å². The highest BCUT2D eigenvalue weighted by Gasteiger charge is 2.33. The molecule has 0 unspecified atom stereocenters. The molecule has 3 nitrogen and oxygen atoms in total. The van der Waals surface area contributed by atoms with Gasteiger partial charge in [0.05, 0.1) is 5.56 Å². The lowest BCUT2D eigenvalue weighted by atomic mass is 10.2. The van der Waals surface area contributed by atoms with Crippen LogP contribution in [0.15, 0.2) is 35.1 Å². The van der Waals surface area contributed by atoms with Crippen LogP contribution in [-0.2, 0) is 6.18 Å². The van der Waals surface area contributed by atoms with E-state index in [0.29, 0.717) is 17.7 Å². The van der Waals surface area contributed by atoms with E-state index in [-0.39, 0.29) is 4.47 Å². The van der Waals surface area contributed by atoms with Crippen molar-refractivity contribution in [1.82, 2.24) is 9.55 Å². The molecule has 1 aliphatic rings. The van der Waals surface area contributed by atoms with Crippen molar-refractivity contribution in [2.75, 3.05) is 5.32 Å². The molecule has 3 rings (SSSR count). The van der Waals surface area contributed by atoms with Gasteiger partial charge in [0.15, 0.2) is 0 Å². The molecule has 0 atom stereocenters. The summed E-state index contributed by atoms with van der Waals surface area (Å²) in [5.74, 6) is 0.572. The molecule has 0 radical (unpaired) electrons. The van der Waals surface area contributed by atoms with Gasteiger partial charge in [0, 0.05) is 28.6 Å². The first-order chi connectivity index (χ1) is 9.45. The Bertz CT molecular complexity index is 632. The van der Waals surface area contributed by atoms with Crippen molar-refractivity contribution in [3.63, 3.8) is 0 Å². The maximum Gasteiger partial charge on any atom is 0.417 e. The van der Waals surface area contributed by atoms with Gasteiger partial charge in [-0.15, -0.1) is 0 Å². The second-order valence-electron chi connectivity index (χ2n) is 4.71. The van der Waals surface area contributed by atoms with Crippen LogP contribution >= 0.6 is 15.9 Å². The first-order valence-corrected chi connectivity index (χ1v) is 6.91. The minimum Gasteiger partial charge on any atom is -0.326 e. The largest absolute Gasteiger partial charge is 0.417 e. The van der Waals surface area contributed by atoms with Crippen LogP contribution in [0.4, 0.5) is 24.8 Å². The minimum atomic E-state index is -4.39. The van der Waals surface area contributed by atoms with E-state index in [0.717, 1.165) is 18.9 Å². The summed E-state index contributed by atoms with van der Waals surface area (Å²) in [6.07, 6.45) is 1.26. The highest BCUT2D eigenvalue weighted by molar-refractivity contribution is 9.10. The fraction of sp³-hybridized carbons (Fsp3) is 0.308. The van der Waals surface area contributed by atoms with E-state index in [2.05, 4.69) is 26.2 Å². The van der Waals surface area contributed by atoms with Crippen molar-refractivity contribution in [1.29, 1.82) is 0 Å². The number of nitrogens with one attached hydrogen (secondary N) is 1. The van der Waals surface area contributed by atoms with Gasteiger partial charge in [-0.1, -0.05) is 15.9 Å². The molecular formula is C13H11BrF3N3. The molecule has 0 amide bonds. The Morgan fingerprint density at radius 3 is 2.70 bits per heavy atom. The normalized spacial score (nSPS) is 15.4. The van der Waals surface area contributed by atoms with Crippen LogP contribution in [0.5, 0.6) is 0 Å². The molecule has 1 saturated carbocycles. The number of hydrogen-bond acceptors (Lipinski definition) is 2.